The summed E-state index contributed by atoms with van der Waals surface area (Å²) in [6.07, 6.45) is 1.47. The van der Waals surface area contributed by atoms with Gasteiger partial charge in [0.15, 0.2) is 18.1 Å². The molecule has 0 saturated heterocycles. The van der Waals surface area contributed by atoms with Crippen molar-refractivity contribution in [3.05, 3.63) is 50.9 Å². The summed E-state index contributed by atoms with van der Waals surface area (Å²) in [7, 11) is 1.43. The lowest BCUT2D eigenvalue weighted by Crippen LogP contribution is -2.34. The third kappa shape index (κ3) is 5.85. The standard InChI is InChI=1S/C18H20BrN3O5/c1-10(2)21-16(23)9-27-14-5-4-11(6-15(14)26-3)17(24)22-13-7-12(19)8-20-18(13)25/h4-8,10H,9H2,1-3H3,(H,20,25)(H,21,23)(H,22,24). The van der Waals surface area contributed by atoms with Gasteiger partial charge in [-0.15, -0.1) is 0 Å². The van der Waals surface area contributed by atoms with E-state index in [2.05, 4.69) is 31.5 Å². The molecule has 1 heterocycles. The molecular weight excluding hydrogens is 418 g/mol. The Morgan fingerprint density at radius 2 is 1.96 bits per heavy atom. The minimum atomic E-state index is -0.485. The number of methoxy groups -OCH3 is 1. The van der Waals surface area contributed by atoms with Gasteiger partial charge in [-0.2, -0.15) is 0 Å². The molecular formula is C18H20BrN3O5. The number of halogens is 1. The van der Waals surface area contributed by atoms with Crippen LogP contribution in [0.1, 0.15) is 24.2 Å². The number of H-pyrrole nitrogens is 1. The molecule has 144 valence electrons. The zero-order valence-electron chi connectivity index (χ0n) is 15.1. The van der Waals surface area contributed by atoms with E-state index in [1.807, 2.05) is 13.8 Å². The van der Waals surface area contributed by atoms with E-state index in [0.29, 0.717) is 16.0 Å². The number of hydrogen-bond acceptors (Lipinski definition) is 5. The van der Waals surface area contributed by atoms with E-state index in [4.69, 9.17) is 9.47 Å². The number of anilines is 1. The summed E-state index contributed by atoms with van der Waals surface area (Å²) in [5.74, 6) is -0.125. The first-order valence-electron chi connectivity index (χ1n) is 8.10. The molecule has 0 bridgehead atoms. The molecule has 0 aliphatic carbocycles. The summed E-state index contributed by atoms with van der Waals surface area (Å²) in [6, 6.07) is 6.02. The molecule has 8 nitrogen and oxygen atoms in total. The van der Waals surface area contributed by atoms with Gasteiger partial charge in [-0.05, 0) is 54.0 Å². The first-order valence-corrected chi connectivity index (χ1v) is 8.89. The Morgan fingerprint density at radius 3 is 2.63 bits per heavy atom. The minimum Gasteiger partial charge on any atom is -0.493 e. The first kappa shape index (κ1) is 20.5. The van der Waals surface area contributed by atoms with Gasteiger partial charge in [0.05, 0.1) is 7.11 Å². The molecule has 0 saturated carbocycles. The molecule has 2 amide bonds. The predicted molar refractivity (Wildman–Crippen MR) is 104 cm³/mol. The highest BCUT2D eigenvalue weighted by Crippen LogP contribution is 2.28. The summed E-state index contributed by atoms with van der Waals surface area (Å²) in [6.45, 7) is 3.53. The van der Waals surface area contributed by atoms with Crippen LogP contribution < -0.4 is 25.7 Å². The molecule has 0 atom stereocenters. The number of aromatic nitrogens is 1. The summed E-state index contributed by atoms with van der Waals surface area (Å²) in [5.41, 5.74) is -0.0427. The predicted octanol–water partition coefficient (Wildman–Crippen LogP) is 2.30. The van der Waals surface area contributed by atoms with Crippen molar-refractivity contribution in [2.75, 3.05) is 19.0 Å². The molecule has 0 radical (unpaired) electrons. The smallest absolute Gasteiger partial charge is 0.271 e. The average Bonchev–Trinajstić information content (AvgIpc) is 2.62. The molecule has 0 unspecified atom stereocenters. The normalized spacial score (nSPS) is 10.4. The molecule has 0 aliphatic rings. The van der Waals surface area contributed by atoms with Gasteiger partial charge in [0.25, 0.3) is 17.4 Å². The Morgan fingerprint density at radius 1 is 1.22 bits per heavy atom. The largest absolute Gasteiger partial charge is 0.493 e. The van der Waals surface area contributed by atoms with E-state index in [0.717, 1.165) is 0 Å². The number of pyridine rings is 1. The van der Waals surface area contributed by atoms with E-state index in [-0.39, 0.29) is 29.8 Å². The Kier molecular flexibility index (Phi) is 7.00. The fourth-order valence-electron chi connectivity index (χ4n) is 2.18. The zero-order chi connectivity index (χ0) is 20.0. The Labute approximate surface area is 164 Å². The topological polar surface area (TPSA) is 110 Å². The van der Waals surface area contributed by atoms with Gasteiger partial charge in [-0.1, -0.05) is 0 Å². The Hall–Kier alpha value is -2.81. The summed E-state index contributed by atoms with van der Waals surface area (Å²) < 4.78 is 11.3. The van der Waals surface area contributed by atoms with E-state index in [1.54, 1.807) is 0 Å². The van der Waals surface area contributed by atoms with Crippen molar-refractivity contribution in [2.24, 2.45) is 0 Å². The lowest BCUT2D eigenvalue weighted by Gasteiger charge is -2.13. The highest BCUT2D eigenvalue weighted by atomic mass is 79.9. The quantitative estimate of drug-likeness (QED) is 0.615. The van der Waals surface area contributed by atoms with Crippen molar-refractivity contribution in [1.29, 1.82) is 0 Å². The van der Waals surface area contributed by atoms with Crippen LogP contribution in [-0.4, -0.2) is 36.6 Å². The summed E-state index contributed by atoms with van der Waals surface area (Å²) in [4.78, 5) is 38.4. The van der Waals surface area contributed by atoms with Crippen LogP contribution in [0.25, 0.3) is 0 Å². The second-order valence-electron chi connectivity index (χ2n) is 5.89. The van der Waals surface area contributed by atoms with Crippen molar-refractivity contribution >= 4 is 33.4 Å². The van der Waals surface area contributed by atoms with Crippen LogP contribution in [0, 0.1) is 0 Å². The lowest BCUT2D eigenvalue weighted by molar-refractivity contribution is -0.123. The van der Waals surface area contributed by atoms with Gasteiger partial charge >= 0.3 is 0 Å². The van der Waals surface area contributed by atoms with Crippen molar-refractivity contribution in [2.45, 2.75) is 19.9 Å². The Balaban J connectivity index is 2.12. The van der Waals surface area contributed by atoms with E-state index < -0.39 is 11.5 Å². The first-order chi connectivity index (χ1) is 12.8. The second kappa shape index (κ2) is 9.22. The maximum absolute atomic E-state index is 12.4. The van der Waals surface area contributed by atoms with Gasteiger partial charge in [0, 0.05) is 22.3 Å². The lowest BCUT2D eigenvalue weighted by atomic mass is 10.2. The molecule has 9 heteroatoms. The number of aromatic amines is 1. The number of rotatable bonds is 7. The van der Waals surface area contributed by atoms with Gasteiger partial charge in [-0.25, -0.2) is 0 Å². The zero-order valence-corrected chi connectivity index (χ0v) is 16.7. The molecule has 0 fully saturated rings. The molecule has 3 N–H and O–H groups in total. The molecule has 1 aromatic carbocycles. The van der Waals surface area contributed by atoms with Crippen molar-refractivity contribution in [1.82, 2.24) is 10.3 Å². The Bertz CT molecular complexity index is 895. The van der Waals surface area contributed by atoms with Gasteiger partial charge in [-0.3, -0.25) is 14.4 Å². The van der Waals surface area contributed by atoms with Crippen LogP contribution >= 0.6 is 15.9 Å². The molecule has 1 aromatic heterocycles. The molecule has 2 rings (SSSR count). The maximum Gasteiger partial charge on any atom is 0.271 e. The fourth-order valence-corrected chi connectivity index (χ4v) is 2.52. The second-order valence-corrected chi connectivity index (χ2v) is 6.81. The van der Waals surface area contributed by atoms with Gasteiger partial charge in [0.2, 0.25) is 0 Å². The highest BCUT2D eigenvalue weighted by Gasteiger charge is 2.14. The fraction of sp³-hybridized carbons (Fsp3) is 0.278. The number of ether oxygens (including phenoxy) is 2. The van der Waals surface area contributed by atoms with Gasteiger partial charge < -0.3 is 25.1 Å². The van der Waals surface area contributed by atoms with Crippen LogP contribution in [0.3, 0.4) is 0 Å². The summed E-state index contributed by atoms with van der Waals surface area (Å²) in [5, 5.41) is 5.25. The van der Waals surface area contributed by atoms with E-state index >= 15 is 0 Å². The van der Waals surface area contributed by atoms with Gasteiger partial charge in [0.1, 0.15) is 5.69 Å². The number of carbonyl (C=O) groups is 2. The maximum atomic E-state index is 12.4. The number of hydrogen-bond donors (Lipinski definition) is 3. The van der Waals surface area contributed by atoms with Crippen molar-refractivity contribution in [3.63, 3.8) is 0 Å². The highest BCUT2D eigenvalue weighted by molar-refractivity contribution is 9.10. The average molecular weight is 438 g/mol. The summed E-state index contributed by atoms with van der Waals surface area (Å²) >= 11 is 3.23. The van der Waals surface area contributed by atoms with E-state index in [1.165, 1.54) is 37.6 Å². The molecule has 0 aliphatic heterocycles. The van der Waals surface area contributed by atoms with Crippen LogP contribution in [-0.2, 0) is 4.79 Å². The van der Waals surface area contributed by atoms with Crippen LogP contribution in [0.5, 0.6) is 11.5 Å². The number of nitrogens with one attached hydrogen (secondary N) is 3. The number of amides is 2. The van der Waals surface area contributed by atoms with E-state index in [9.17, 15) is 14.4 Å². The third-order valence-corrected chi connectivity index (χ3v) is 3.81. The minimum absolute atomic E-state index is 0.00948. The number of carbonyl (C=O) groups excluding carboxylic acids is 2. The van der Waals surface area contributed by atoms with Crippen molar-refractivity contribution < 1.29 is 19.1 Å². The van der Waals surface area contributed by atoms with Crippen molar-refractivity contribution in [3.8, 4) is 11.5 Å². The van der Waals surface area contributed by atoms with Crippen LogP contribution in [0.4, 0.5) is 5.69 Å². The molecule has 27 heavy (non-hydrogen) atoms. The van der Waals surface area contributed by atoms with Crippen LogP contribution in [0.15, 0.2) is 39.7 Å². The molecule has 2 aromatic rings. The number of benzene rings is 1. The van der Waals surface area contributed by atoms with Crippen LogP contribution in [0.2, 0.25) is 0 Å². The SMILES string of the molecule is COc1cc(C(=O)Nc2cc(Br)c[nH]c2=O)ccc1OCC(=O)NC(C)C. The monoisotopic (exact) mass is 437 g/mol. The molecule has 0 spiro atoms. The third-order valence-electron chi connectivity index (χ3n) is 3.35.